The SMILES string of the molecule is O=C(C[C@H]1CN(C(=O)c2ccc3ccccc3n2)CC[C@@H]1Oc1ccc(F)cc1)N1CCOCC1. The number of carbonyl (C=O) groups excluding carboxylic acids is 2. The van der Waals surface area contributed by atoms with E-state index in [1.165, 1.54) is 12.1 Å². The molecule has 35 heavy (non-hydrogen) atoms. The topological polar surface area (TPSA) is 72.0 Å². The number of rotatable bonds is 5. The number of piperidine rings is 1. The van der Waals surface area contributed by atoms with Crippen LogP contribution in [-0.2, 0) is 9.53 Å². The van der Waals surface area contributed by atoms with Crippen LogP contribution in [0.2, 0.25) is 0 Å². The number of halogens is 1. The van der Waals surface area contributed by atoms with Crippen molar-refractivity contribution in [3.05, 3.63) is 72.2 Å². The number of pyridine rings is 1. The minimum atomic E-state index is -0.334. The first-order valence-electron chi connectivity index (χ1n) is 12.0. The highest BCUT2D eigenvalue weighted by molar-refractivity contribution is 5.95. The number of hydrogen-bond acceptors (Lipinski definition) is 5. The van der Waals surface area contributed by atoms with E-state index in [9.17, 15) is 14.0 Å². The van der Waals surface area contributed by atoms with Gasteiger partial charge in [-0.1, -0.05) is 24.3 Å². The number of hydrogen-bond donors (Lipinski definition) is 0. The standard InChI is InChI=1S/C27H28FN3O4/c28-21-6-8-22(9-7-21)35-25-11-12-31(18-20(25)17-26(32)30-13-15-34-16-14-30)27(33)24-10-5-19-3-1-2-4-23(19)29-24/h1-10,20,25H,11-18H2/t20-,25-/m0/s1. The molecule has 2 amide bonds. The quantitative estimate of drug-likeness (QED) is 0.562. The Balaban J connectivity index is 1.33. The molecular formula is C27H28FN3O4. The Hall–Kier alpha value is -3.52. The molecule has 7 nitrogen and oxygen atoms in total. The van der Waals surface area contributed by atoms with Crippen LogP contribution in [0, 0.1) is 11.7 Å². The number of morpholine rings is 1. The Morgan fingerprint density at radius 2 is 1.74 bits per heavy atom. The zero-order valence-corrected chi connectivity index (χ0v) is 19.4. The van der Waals surface area contributed by atoms with Gasteiger partial charge >= 0.3 is 0 Å². The van der Waals surface area contributed by atoms with E-state index in [1.807, 2.05) is 35.2 Å². The van der Waals surface area contributed by atoms with Crippen molar-refractivity contribution >= 4 is 22.7 Å². The second-order valence-corrected chi connectivity index (χ2v) is 9.00. The van der Waals surface area contributed by atoms with E-state index in [4.69, 9.17) is 9.47 Å². The molecule has 0 spiro atoms. The number of amides is 2. The zero-order valence-electron chi connectivity index (χ0n) is 19.4. The van der Waals surface area contributed by atoms with Gasteiger partial charge in [0.15, 0.2) is 0 Å². The van der Waals surface area contributed by atoms with Gasteiger partial charge in [0.1, 0.15) is 23.4 Å². The molecule has 2 saturated heterocycles. The highest BCUT2D eigenvalue weighted by atomic mass is 19.1. The highest BCUT2D eigenvalue weighted by Crippen LogP contribution is 2.28. The fourth-order valence-electron chi connectivity index (χ4n) is 4.75. The Morgan fingerprint density at radius 3 is 2.54 bits per heavy atom. The van der Waals surface area contributed by atoms with Gasteiger partial charge in [-0.2, -0.15) is 0 Å². The number of aromatic nitrogens is 1. The summed E-state index contributed by atoms with van der Waals surface area (Å²) >= 11 is 0. The van der Waals surface area contributed by atoms with Crippen molar-refractivity contribution in [2.24, 2.45) is 5.92 Å². The summed E-state index contributed by atoms with van der Waals surface area (Å²) in [5, 5.41) is 0.976. The van der Waals surface area contributed by atoms with Gasteiger partial charge in [0, 0.05) is 50.3 Å². The Kier molecular flexibility index (Phi) is 6.90. The maximum atomic E-state index is 13.4. The van der Waals surface area contributed by atoms with Gasteiger partial charge in [-0.3, -0.25) is 9.59 Å². The molecule has 0 N–H and O–H groups in total. The second-order valence-electron chi connectivity index (χ2n) is 9.00. The first kappa shape index (κ1) is 23.2. The molecule has 3 aromatic rings. The summed E-state index contributed by atoms with van der Waals surface area (Å²) in [6, 6.07) is 17.2. The molecule has 0 bridgehead atoms. The number of fused-ring (bicyclic) bond motifs is 1. The van der Waals surface area contributed by atoms with Crippen LogP contribution in [0.4, 0.5) is 4.39 Å². The lowest BCUT2D eigenvalue weighted by atomic mass is 9.90. The molecule has 2 aliphatic rings. The summed E-state index contributed by atoms with van der Waals surface area (Å²) in [6.07, 6.45) is 0.567. The van der Waals surface area contributed by atoms with Crippen molar-refractivity contribution in [3.8, 4) is 5.75 Å². The van der Waals surface area contributed by atoms with Crippen LogP contribution >= 0.6 is 0 Å². The summed E-state index contributed by atoms with van der Waals surface area (Å²) in [4.78, 5) is 34.5. The predicted molar refractivity (Wildman–Crippen MR) is 129 cm³/mol. The van der Waals surface area contributed by atoms with Crippen LogP contribution in [0.25, 0.3) is 10.9 Å². The van der Waals surface area contributed by atoms with Gasteiger partial charge in [0.05, 0.1) is 18.7 Å². The molecule has 0 aliphatic carbocycles. The van der Waals surface area contributed by atoms with Crippen LogP contribution in [0.5, 0.6) is 5.75 Å². The van der Waals surface area contributed by atoms with E-state index in [-0.39, 0.29) is 36.1 Å². The number of likely N-dealkylation sites (tertiary alicyclic amines) is 1. The lowest BCUT2D eigenvalue weighted by Crippen LogP contribution is -2.50. The third kappa shape index (κ3) is 5.43. The number of nitrogens with zero attached hydrogens (tertiary/aromatic N) is 3. The molecule has 2 aliphatic heterocycles. The Morgan fingerprint density at radius 1 is 0.971 bits per heavy atom. The predicted octanol–water partition coefficient (Wildman–Crippen LogP) is 3.53. The first-order valence-corrected chi connectivity index (χ1v) is 12.0. The fraction of sp³-hybridized carbons (Fsp3) is 0.370. The van der Waals surface area contributed by atoms with E-state index in [2.05, 4.69) is 4.98 Å². The minimum Gasteiger partial charge on any atom is -0.490 e. The Bertz CT molecular complexity index is 1200. The number of carbonyl (C=O) groups is 2. The van der Waals surface area contributed by atoms with E-state index in [1.54, 1.807) is 23.1 Å². The largest absolute Gasteiger partial charge is 0.490 e. The summed E-state index contributed by atoms with van der Waals surface area (Å²) in [5.41, 5.74) is 1.16. The molecule has 2 aromatic carbocycles. The molecular weight excluding hydrogens is 449 g/mol. The average Bonchev–Trinajstić information content (AvgIpc) is 2.90. The van der Waals surface area contributed by atoms with Crippen LogP contribution < -0.4 is 4.74 Å². The molecule has 5 rings (SSSR count). The van der Waals surface area contributed by atoms with Crippen LogP contribution in [-0.4, -0.2) is 72.1 Å². The third-order valence-electron chi connectivity index (χ3n) is 6.67. The van der Waals surface area contributed by atoms with Crippen LogP contribution in [0.3, 0.4) is 0 Å². The van der Waals surface area contributed by atoms with E-state index < -0.39 is 0 Å². The normalized spacial score (nSPS) is 20.6. The maximum Gasteiger partial charge on any atom is 0.272 e. The van der Waals surface area contributed by atoms with E-state index in [0.717, 1.165) is 10.9 Å². The van der Waals surface area contributed by atoms with Gasteiger partial charge in [-0.05, 0) is 36.4 Å². The van der Waals surface area contributed by atoms with Gasteiger partial charge in [-0.15, -0.1) is 0 Å². The number of para-hydroxylation sites is 1. The van der Waals surface area contributed by atoms with Crippen molar-refractivity contribution in [1.29, 1.82) is 0 Å². The summed E-state index contributed by atoms with van der Waals surface area (Å²) < 4.78 is 24.9. The molecule has 1 aromatic heterocycles. The second kappa shape index (κ2) is 10.4. The minimum absolute atomic E-state index is 0.0316. The molecule has 3 heterocycles. The van der Waals surface area contributed by atoms with Crippen molar-refractivity contribution in [1.82, 2.24) is 14.8 Å². The molecule has 182 valence electrons. The lowest BCUT2D eigenvalue weighted by molar-refractivity contribution is -0.137. The molecule has 2 fully saturated rings. The first-order chi connectivity index (χ1) is 17.1. The number of ether oxygens (including phenoxy) is 2. The highest BCUT2D eigenvalue weighted by Gasteiger charge is 2.36. The van der Waals surface area contributed by atoms with Gasteiger partial charge in [-0.25, -0.2) is 9.37 Å². The molecule has 8 heteroatoms. The third-order valence-corrected chi connectivity index (χ3v) is 6.67. The molecule has 2 atom stereocenters. The van der Waals surface area contributed by atoms with Gasteiger partial charge < -0.3 is 19.3 Å². The molecule has 0 radical (unpaired) electrons. The summed E-state index contributed by atoms with van der Waals surface area (Å²) in [6.45, 7) is 3.07. The molecule has 0 unspecified atom stereocenters. The van der Waals surface area contributed by atoms with Crippen molar-refractivity contribution in [2.45, 2.75) is 18.9 Å². The Labute approximate surface area is 203 Å². The van der Waals surface area contributed by atoms with Crippen molar-refractivity contribution < 1.29 is 23.5 Å². The number of benzene rings is 2. The summed E-state index contributed by atoms with van der Waals surface area (Å²) in [7, 11) is 0. The van der Waals surface area contributed by atoms with Crippen molar-refractivity contribution in [2.75, 3.05) is 39.4 Å². The van der Waals surface area contributed by atoms with Gasteiger partial charge in [0.2, 0.25) is 5.91 Å². The lowest BCUT2D eigenvalue weighted by Gasteiger charge is -2.39. The zero-order chi connectivity index (χ0) is 24.2. The maximum absolute atomic E-state index is 13.4. The summed E-state index contributed by atoms with van der Waals surface area (Å²) in [5.74, 6) is -0.103. The smallest absolute Gasteiger partial charge is 0.272 e. The monoisotopic (exact) mass is 477 g/mol. The van der Waals surface area contributed by atoms with E-state index >= 15 is 0 Å². The van der Waals surface area contributed by atoms with E-state index in [0.29, 0.717) is 57.3 Å². The molecule has 0 saturated carbocycles. The fourth-order valence-corrected chi connectivity index (χ4v) is 4.75. The van der Waals surface area contributed by atoms with Crippen molar-refractivity contribution in [3.63, 3.8) is 0 Å². The average molecular weight is 478 g/mol. The van der Waals surface area contributed by atoms with Gasteiger partial charge in [0.25, 0.3) is 5.91 Å². The van der Waals surface area contributed by atoms with Crippen LogP contribution in [0.1, 0.15) is 23.3 Å². The van der Waals surface area contributed by atoms with Crippen LogP contribution in [0.15, 0.2) is 60.7 Å².